The molecular weight excluding hydrogens is 326 g/mol. The van der Waals surface area contributed by atoms with Crippen molar-refractivity contribution in [2.45, 2.75) is 25.2 Å². The van der Waals surface area contributed by atoms with Crippen molar-refractivity contribution in [2.24, 2.45) is 0 Å². The first kappa shape index (κ1) is 16.5. The highest BCUT2D eigenvalue weighted by molar-refractivity contribution is 7.98. The van der Waals surface area contributed by atoms with Gasteiger partial charge in [0, 0.05) is 11.9 Å². The van der Waals surface area contributed by atoms with Gasteiger partial charge in [0.1, 0.15) is 6.61 Å². The van der Waals surface area contributed by atoms with Crippen LogP contribution in [0.4, 0.5) is 0 Å². The van der Waals surface area contributed by atoms with Gasteiger partial charge in [0.05, 0.1) is 6.54 Å². The molecule has 0 N–H and O–H groups in total. The van der Waals surface area contributed by atoms with E-state index in [2.05, 4.69) is 9.97 Å². The van der Waals surface area contributed by atoms with Crippen molar-refractivity contribution in [3.05, 3.63) is 51.2 Å². The molecule has 0 saturated heterocycles. The molecule has 0 bridgehead atoms. The molecule has 22 heavy (non-hydrogen) atoms. The molecule has 6 nitrogen and oxygen atoms in total. The number of nitrogens with zero attached hydrogens (tertiary/aromatic N) is 3. The molecule has 1 aromatic heterocycles. The van der Waals surface area contributed by atoms with E-state index < -0.39 is 11.7 Å². The van der Waals surface area contributed by atoms with Crippen LogP contribution in [0, 0.1) is 0 Å². The average molecular weight is 340 g/mol. The van der Waals surface area contributed by atoms with E-state index in [1.807, 2.05) is 12.1 Å². The van der Waals surface area contributed by atoms with Crippen molar-refractivity contribution in [2.75, 3.05) is 6.26 Å². The molecule has 0 amide bonds. The van der Waals surface area contributed by atoms with E-state index in [9.17, 15) is 9.59 Å². The minimum atomic E-state index is -0.435. The Morgan fingerprint density at radius 3 is 2.59 bits per heavy atom. The lowest BCUT2D eigenvalue weighted by Crippen LogP contribution is -2.29. The van der Waals surface area contributed by atoms with Gasteiger partial charge < -0.3 is 4.74 Å². The molecule has 0 spiro atoms. The zero-order valence-electron chi connectivity index (χ0n) is 12.1. The molecule has 0 aliphatic carbocycles. The molecule has 0 fully saturated rings. The van der Waals surface area contributed by atoms with E-state index in [4.69, 9.17) is 16.3 Å². The second-order valence-electron chi connectivity index (χ2n) is 4.40. The predicted molar refractivity (Wildman–Crippen MR) is 84.1 cm³/mol. The Bertz CT molecular complexity index is 731. The van der Waals surface area contributed by atoms with Crippen LogP contribution < -0.4 is 5.69 Å². The summed E-state index contributed by atoms with van der Waals surface area (Å²) in [5.74, 6) is -0.0793. The maximum atomic E-state index is 12.2. The van der Waals surface area contributed by atoms with E-state index >= 15 is 0 Å². The standard InChI is InChI=1S/C14H14ClN3O3S/c1-9(19)21-8-12-16-13(22-2)17-14(20)18(12)7-10-3-5-11(15)6-4-10/h3-6H,7-8H2,1-2H3. The van der Waals surface area contributed by atoms with Gasteiger partial charge in [-0.05, 0) is 24.0 Å². The summed E-state index contributed by atoms with van der Waals surface area (Å²) in [4.78, 5) is 31.3. The molecule has 0 unspecified atom stereocenters. The van der Waals surface area contributed by atoms with Gasteiger partial charge in [-0.1, -0.05) is 35.5 Å². The topological polar surface area (TPSA) is 74.1 Å². The maximum Gasteiger partial charge on any atom is 0.351 e. The Balaban J connectivity index is 2.36. The van der Waals surface area contributed by atoms with Crippen LogP contribution in [0.15, 0.2) is 34.2 Å². The van der Waals surface area contributed by atoms with Gasteiger partial charge in [-0.3, -0.25) is 9.36 Å². The van der Waals surface area contributed by atoms with Gasteiger partial charge >= 0.3 is 11.7 Å². The van der Waals surface area contributed by atoms with Crippen LogP contribution in [0.3, 0.4) is 0 Å². The van der Waals surface area contributed by atoms with Gasteiger partial charge in [0.2, 0.25) is 0 Å². The molecular formula is C14H14ClN3O3S. The molecule has 0 aliphatic heterocycles. The second-order valence-corrected chi connectivity index (χ2v) is 5.61. The summed E-state index contributed by atoms with van der Waals surface area (Å²) >= 11 is 7.10. The van der Waals surface area contributed by atoms with Gasteiger partial charge in [0.15, 0.2) is 11.0 Å². The SMILES string of the molecule is CSc1nc(COC(C)=O)n(Cc2ccc(Cl)cc2)c(=O)n1. The Morgan fingerprint density at radius 2 is 2.00 bits per heavy atom. The number of carbonyl (C=O) groups excluding carboxylic acids is 1. The number of hydrogen-bond acceptors (Lipinski definition) is 6. The summed E-state index contributed by atoms with van der Waals surface area (Å²) in [6.45, 7) is 1.51. The van der Waals surface area contributed by atoms with E-state index in [0.717, 1.165) is 5.56 Å². The Labute approximate surface area is 136 Å². The first-order chi connectivity index (χ1) is 10.5. The Hall–Kier alpha value is -1.86. The quantitative estimate of drug-likeness (QED) is 0.613. The van der Waals surface area contributed by atoms with Gasteiger partial charge in [-0.2, -0.15) is 4.98 Å². The zero-order chi connectivity index (χ0) is 16.1. The van der Waals surface area contributed by atoms with Crippen LogP contribution in [0.1, 0.15) is 18.3 Å². The second kappa shape index (κ2) is 7.42. The first-order valence-corrected chi connectivity index (χ1v) is 7.99. The minimum Gasteiger partial charge on any atom is -0.458 e. The van der Waals surface area contributed by atoms with Crippen molar-refractivity contribution < 1.29 is 9.53 Å². The van der Waals surface area contributed by atoms with Crippen molar-refractivity contribution in [1.29, 1.82) is 0 Å². The van der Waals surface area contributed by atoms with Crippen LogP contribution >= 0.6 is 23.4 Å². The smallest absolute Gasteiger partial charge is 0.351 e. The third kappa shape index (κ3) is 4.32. The highest BCUT2D eigenvalue weighted by Gasteiger charge is 2.12. The van der Waals surface area contributed by atoms with Crippen molar-refractivity contribution in [3.8, 4) is 0 Å². The maximum absolute atomic E-state index is 12.2. The third-order valence-corrected chi connectivity index (χ3v) is 3.60. The number of esters is 1. The summed E-state index contributed by atoms with van der Waals surface area (Å²) in [6.07, 6.45) is 1.77. The fourth-order valence-electron chi connectivity index (χ4n) is 1.75. The lowest BCUT2D eigenvalue weighted by Gasteiger charge is -2.12. The molecule has 8 heteroatoms. The van der Waals surface area contributed by atoms with Crippen LogP contribution in [-0.4, -0.2) is 26.8 Å². The Morgan fingerprint density at radius 1 is 1.32 bits per heavy atom. The van der Waals surface area contributed by atoms with Gasteiger partial charge in [-0.15, -0.1) is 0 Å². The fourth-order valence-corrected chi connectivity index (χ4v) is 2.24. The number of aromatic nitrogens is 3. The largest absolute Gasteiger partial charge is 0.458 e. The summed E-state index contributed by atoms with van der Waals surface area (Å²) in [7, 11) is 0. The zero-order valence-corrected chi connectivity index (χ0v) is 13.6. The number of halogens is 1. The summed E-state index contributed by atoms with van der Waals surface area (Å²) in [6, 6.07) is 7.11. The molecule has 116 valence electrons. The normalized spacial score (nSPS) is 10.5. The lowest BCUT2D eigenvalue weighted by molar-refractivity contribution is -0.142. The molecule has 2 rings (SSSR count). The minimum absolute atomic E-state index is 0.0752. The number of hydrogen-bond donors (Lipinski definition) is 0. The van der Waals surface area contributed by atoms with Crippen molar-refractivity contribution >= 4 is 29.3 Å². The number of rotatable bonds is 5. The Kier molecular flexibility index (Phi) is 5.57. The average Bonchev–Trinajstić information content (AvgIpc) is 2.49. The van der Waals surface area contributed by atoms with Gasteiger partial charge in [0.25, 0.3) is 0 Å². The van der Waals surface area contributed by atoms with E-state index in [1.165, 1.54) is 23.3 Å². The highest BCUT2D eigenvalue weighted by Crippen LogP contribution is 2.12. The van der Waals surface area contributed by atoms with Crippen molar-refractivity contribution in [1.82, 2.24) is 14.5 Å². The fraction of sp³-hybridized carbons (Fsp3) is 0.286. The summed E-state index contributed by atoms with van der Waals surface area (Å²) in [5, 5.41) is 0.963. The molecule has 0 radical (unpaired) electrons. The molecule has 1 aromatic carbocycles. The number of thioether (sulfide) groups is 1. The third-order valence-electron chi connectivity index (χ3n) is 2.80. The summed E-state index contributed by atoms with van der Waals surface area (Å²) in [5.41, 5.74) is 0.438. The van der Waals surface area contributed by atoms with Crippen molar-refractivity contribution in [3.63, 3.8) is 0 Å². The van der Waals surface area contributed by atoms with Crippen LogP contribution in [0.2, 0.25) is 5.02 Å². The highest BCUT2D eigenvalue weighted by atomic mass is 35.5. The van der Waals surface area contributed by atoms with E-state index in [-0.39, 0.29) is 13.2 Å². The molecule has 2 aromatic rings. The van der Waals surface area contributed by atoms with Crippen LogP contribution in [0.25, 0.3) is 0 Å². The molecule has 0 atom stereocenters. The summed E-state index contributed by atoms with van der Waals surface area (Å²) < 4.78 is 6.34. The van der Waals surface area contributed by atoms with Gasteiger partial charge in [-0.25, -0.2) is 9.78 Å². The van der Waals surface area contributed by atoms with E-state index in [1.54, 1.807) is 18.4 Å². The monoisotopic (exact) mass is 339 g/mol. The molecule has 0 aliphatic rings. The van der Waals surface area contributed by atoms with Crippen LogP contribution in [-0.2, 0) is 22.7 Å². The van der Waals surface area contributed by atoms with Crippen LogP contribution in [0.5, 0.6) is 0 Å². The first-order valence-electron chi connectivity index (χ1n) is 6.39. The predicted octanol–water partition coefficient (Wildman–Crippen LogP) is 2.12. The molecule has 0 saturated carbocycles. The number of carbonyl (C=O) groups is 1. The van der Waals surface area contributed by atoms with E-state index in [0.29, 0.717) is 16.0 Å². The lowest BCUT2D eigenvalue weighted by atomic mass is 10.2. The molecule has 1 heterocycles. The number of benzene rings is 1. The number of ether oxygens (including phenoxy) is 1.